The van der Waals surface area contributed by atoms with E-state index in [1.54, 1.807) is 0 Å². The van der Waals surface area contributed by atoms with Crippen LogP contribution < -0.4 is 5.32 Å². The van der Waals surface area contributed by atoms with Crippen LogP contribution in [0.1, 0.15) is 24.4 Å². The van der Waals surface area contributed by atoms with Crippen molar-refractivity contribution in [2.24, 2.45) is 5.92 Å². The summed E-state index contributed by atoms with van der Waals surface area (Å²) in [6, 6.07) is 9.02. The van der Waals surface area contributed by atoms with E-state index in [4.69, 9.17) is 11.6 Å². The highest BCUT2D eigenvalue weighted by atomic mass is 35.5. The second-order valence-corrected chi connectivity index (χ2v) is 5.56. The predicted octanol–water partition coefficient (Wildman–Crippen LogP) is 2.70. The maximum absolute atomic E-state index is 6.12. The van der Waals surface area contributed by atoms with Gasteiger partial charge in [-0.3, -0.25) is 4.90 Å². The molecule has 2 aliphatic rings. The average molecular weight is 251 g/mol. The van der Waals surface area contributed by atoms with E-state index in [0.717, 1.165) is 37.1 Å². The van der Waals surface area contributed by atoms with Gasteiger partial charge in [-0.25, -0.2) is 0 Å². The summed E-state index contributed by atoms with van der Waals surface area (Å²) in [5, 5.41) is 4.29. The quantitative estimate of drug-likeness (QED) is 0.888. The van der Waals surface area contributed by atoms with Crippen molar-refractivity contribution >= 4 is 11.6 Å². The number of benzene rings is 1. The van der Waals surface area contributed by atoms with Gasteiger partial charge < -0.3 is 5.32 Å². The van der Waals surface area contributed by atoms with Crippen molar-refractivity contribution in [3.05, 3.63) is 34.9 Å². The molecule has 0 bridgehead atoms. The van der Waals surface area contributed by atoms with Crippen LogP contribution in [0.5, 0.6) is 0 Å². The third-order valence-electron chi connectivity index (χ3n) is 3.80. The van der Waals surface area contributed by atoms with E-state index in [-0.39, 0.29) is 0 Å². The summed E-state index contributed by atoms with van der Waals surface area (Å²) in [6.07, 6.45) is 2.75. The molecule has 0 radical (unpaired) electrons. The van der Waals surface area contributed by atoms with Gasteiger partial charge in [0.1, 0.15) is 0 Å². The lowest BCUT2D eigenvalue weighted by Gasteiger charge is -2.35. The van der Waals surface area contributed by atoms with Crippen LogP contribution in [-0.2, 0) is 0 Å². The highest BCUT2D eigenvalue weighted by Gasteiger charge is 2.36. The molecule has 0 aromatic heterocycles. The first kappa shape index (κ1) is 11.5. The number of nitrogens with zero attached hydrogens (tertiary/aromatic N) is 1. The van der Waals surface area contributed by atoms with Gasteiger partial charge in [0.2, 0.25) is 0 Å². The van der Waals surface area contributed by atoms with E-state index >= 15 is 0 Å². The van der Waals surface area contributed by atoms with Gasteiger partial charge in [-0.1, -0.05) is 23.7 Å². The van der Waals surface area contributed by atoms with Crippen LogP contribution in [0.3, 0.4) is 0 Å². The number of hydrogen-bond acceptors (Lipinski definition) is 2. The topological polar surface area (TPSA) is 15.3 Å². The Balaban J connectivity index is 1.83. The van der Waals surface area contributed by atoms with Crippen LogP contribution in [0.4, 0.5) is 0 Å². The highest BCUT2D eigenvalue weighted by molar-refractivity contribution is 6.30. The average Bonchev–Trinajstić information content (AvgIpc) is 3.15. The van der Waals surface area contributed by atoms with Gasteiger partial charge in [-0.2, -0.15) is 0 Å². The lowest BCUT2D eigenvalue weighted by atomic mass is 10.00. The Hall–Kier alpha value is -0.570. The van der Waals surface area contributed by atoms with E-state index < -0.39 is 0 Å². The summed E-state index contributed by atoms with van der Waals surface area (Å²) in [5.74, 6) is 0.853. The van der Waals surface area contributed by atoms with Gasteiger partial charge in [0, 0.05) is 37.2 Å². The summed E-state index contributed by atoms with van der Waals surface area (Å²) in [7, 11) is 0. The van der Waals surface area contributed by atoms with Gasteiger partial charge in [0.15, 0.2) is 0 Å². The molecule has 0 unspecified atom stereocenters. The second kappa shape index (κ2) is 4.97. The number of halogens is 1. The number of piperazine rings is 1. The molecule has 1 aliphatic heterocycles. The van der Waals surface area contributed by atoms with Crippen molar-refractivity contribution < 1.29 is 0 Å². The smallest absolute Gasteiger partial charge is 0.0409 e. The summed E-state index contributed by atoms with van der Waals surface area (Å²) < 4.78 is 0. The second-order valence-electron chi connectivity index (χ2n) is 5.12. The Morgan fingerprint density at radius 2 is 2.00 bits per heavy atom. The first-order chi connectivity index (χ1) is 8.34. The molecule has 3 heteroatoms. The molecule has 2 fully saturated rings. The summed E-state index contributed by atoms with van der Waals surface area (Å²) in [5.41, 5.74) is 1.40. The molecule has 1 aliphatic carbocycles. The molecule has 1 saturated heterocycles. The van der Waals surface area contributed by atoms with Crippen molar-refractivity contribution in [2.75, 3.05) is 26.2 Å². The molecule has 1 heterocycles. The minimum absolute atomic E-state index is 0.593. The van der Waals surface area contributed by atoms with Crippen molar-refractivity contribution in [1.82, 2.24) is 10.2 Å². The first-order valence-corrected chi connectivity index (χ1v) is 6.92. The molecule has 1 aromatic rings. The highest BCUT2D eigenvalue weighted by Crippen LogP contribution is 2.44. The minimum atomic E-state index is 0.593. The summed E-state index contributed by atoms with van der Waals surface area (Å²) in [6.45, 7) is 4.55. The molecule has 2 nitrogen and oxygen atoms in total. The van der Waals surface area contributed by atoms with Gasteiger partial charge in [-0.15, -0.1) is 0 Å². The van der Waals surface area contributed by atoms with E-state index in [0.29, 0.717) is 6.04 Å². The lowest BCUT2D eigenvalue weighted by molar-refractivity contribution is 0.156. The molecule has 1 N–H and O–H groups in total. The lowest BCUT2D eigenvalue weighted by Crippen LogP contribution is -2.45. The third kappa shape index (κ3) is 2.65. The van der Waals surface area contributed by atoms with E-state index in [1.165, 1.54) is 18.4 Å². The Morgan fingerprint density at radius 1 is 1.24 bits per heavy atom. The third-order valence-corrected chi connectivity index (χ3v) is 4.04. The zero-order valence-electron chi connectivity index (χ0n) is 10.0. The monoisotopic (exact) mass is 250 g/mol. The number of rotatable bonds is 3. The standard InChI is InChI=1S/C14H19ClN2/c15-13-3-1-2-12(10-13)14(11-4-5-11)17-8-6-16-7-9-17/h1-3,10-11,14,16H,4-9H2/t14-/m0/s1. The SMILES string of the molecule is Clc1cccc([C@H](C2CC2)N2CCNCC2)c1. The van der Waals surface area contributed by atoms with Crippen molar-refractivity contribution in [1.29, 1.82) is 0 Å². The van der Waals surface area contributed by atoms with Crippen LogP contribution in [0, 0.1) is 5.92 Å². The predicted molar refractivity (Wildman–Crippen MR) is 71.4 cm³/mol. The van der Waals surface area contributed by atoms with Crippen molar-refractivity contribution in [3.8, 4) is 0 Å². The van der Waals surface area contributed by atoms with Crippen LogP contribution in [0.2, 0.25) is 5.02 Å². The molecular formula is C14H19ClN2. The maximum Gasteiger partial charge on any atom is 0.0409 e. The Labute approximate surface area is 108 Å². The number of nitrogens with one attached hydrogen (secondary N) is 1. The minimum Gasteiger partial charge on any atom is -0.314 e. The molecule has 3 rings (SSSR count). The molecule has 0 amide bonds. The van der Waals surface area contributed by atoms with Gasteiger partial charge in [-0.05, 0) is 36.5 Å². The van der Waals surface area contributed by atoms with Crippen molar-refractivity contribution in [3.63, 3.8) is 0 Å². The molecular weight excluding hydrogens is 232 g/mol. The van der Waals surface area contributed by atoms with E-state index in [1.807, 2.05) is 6.07 Å². The maximum atomic E-state index is 6.12. The fraction of sp³-hybridized carbons (Fsp3) is 0.571. The zero-order valence-corrected chi connectivity index (χ0v) is 10.8. The molecule has 1 atom stereocenters. The molecule has 0 spiro atoms. The Bertz CT molecular complexity index is 384. The Kier molecular flexibility index (Phi) is 3.37. The summed E-state index contributed by atoms with van der Waals surface area (Å²) >= 11 is 6.12. The van der Waals surface area contributed by atoms with Gasteiger partial charge in [0.05, 0.1) is 0 Å². The largest absolute Gasteiger partial charge is 0.314 e. The van der Waals surface area contributed by atoms with Crippen LogP contribution in [-0.4, -0.2) is 31.1 Å². The van der Waals surface area contributed by atoms with Gasteiger partial charge >= 0.3 is 0 Å². The molecule has 1 aromatic carbocycles. The van der Waals surface area contributed by atoms with Crippen LogP contribution in [0.15, 0.2) is 24.3 Å². The van der Waals surface area contributed by atoms with E-state index in [2.05, 4.69) is 28.4 Å². The van der Waals surface area contributed by atoms with E-state index in [9.17, 15) is 0 Å². The fourth-order valence-electron chi connectivity index (χ4n) is 2.84. The zero-order chi connectivity index (χ0) is 11.7. The first-order valence-electron chi connectivity index (χ1n) is 6.55. The fourth-order valence-corrected chi connectivity index (χ4v) is 3.04. The van der Waals surface area contributed by atoms with Crippen LogP contribution in [0.25, 0.3) is 0 Å². The number of hydrogen-bond donors (Lipinski definition) is 1. The Morgan fingerprint density at radius 3 is 2.65 bits per heavy atom. The molecule has 1 saturated carbocycles. The van der Waals surface area contributed by atoms with Gasteiger partial charge in [0.25, 0.3) is 0 Å². The molecule has 17 heavy (non-hydrogen) atoms. The van der Waals surface area contributed by atoms with Crippen LogP contribution >= 0.6 is 11.6 Å². The normalized spacial score (nSPS) is 23.6. The molecule has 92 valence electrons. The van der Waals surface area contributed by atoms with Crippen molar-refractivity contribution in [2.45, 2.75) is 18.9 Å². The summed E-state index contributed by atoms with van der Waals surface area (Å²) in [4.78, 5) is 2.62.